The van der Waals surface area contributed by atoms with Crippen LogP contribution in [-0.4, -0.2) is 39.2 Å². The topological polar surface area (TPSA) is 107 Å². The van der Waals surface area contributed by atoms with Gasteiger partial charge in [0.15, 0.2) is 5.82 Å². The van der Waals surface area contributed by atoms with Gasteiger partial charge in [-0.15, -0.1) is 0 Å². The number of nitrogens with two attached hydrogens (primary N) is 1. The zero-order chi connectivity index (χ0) is 17.4. The lowest BCUT2D eigenvalue weighted by molar-refractivity contribution is 0.272. The summed E-state index contributed by atoms with van der Waals surface area (Å²) in [6, 6.07) is 4.56. The number of nitrogen functional groups attached to an aromatic ring is 1. The highest BCUT2D eigenvalue weighted by Gasteiger charge is 2.45. The number of hydrogen-bond donors (Lipinski definition) is 1. The molecule has 0 radical (unpaired) electrons. The first kappa shape index (κ1) is 15.5. The van der Waals surface area contributed by atoms with Crippen molar-refractivity contribution in [2.24, 2.45) is 0 Å². The minimum atomic E-state index is -0.207. The molecule has 3 aromatic heterocycles. The van der Waals surface area contributed by atoms with Gasteiger partial charge >= 0.3 is 6.01 Å². The molecule has 1 fully saturated rings. The van der Waals surface area contributed by atoms with Crippen molar-refractivity contribution in [1.82, 2.24) is 25.1 Å². The molecule has 0 amide bonds. The Bertz CT molecular complexity index is 867. The molecule has 0 atom stereocenters. The average molecular weight is 337 g/mol. The van der Waals surface area contributed by atoms with E-state index in [1.54, 1.807) is 12.4 Å². The largest absolute Gasteiger partial charge is 0.368 e. The minimum absolute atomic E-state index is 0.207. The van der Waals surface area contributed by atoms with Crippen molar-refractivity contribution in [1.29, 1.82) is 0 Å². The predicted octanol–water partition coefficient (Wildman–Crippen LogP) is 2.04. The van der Waals surface area contributed by atoms with Crippen molar-refractivity contribution in [3.05, 3.63) is 42.1 Å². The lowest BCUT2D eigenvalue weighted by atomic mass is 9.64. The summed E-state index contributed by atoms with van der Waals surface area (Å²) in [7, 11) is 3.77. The highest BCUT2D eigenvalue weighted by atomic mass is 16.5. The van der Waals surface area contributed by atoms with Crippen LogP contribution < -0.4 is 10.6 Å². The van der Waals surface area contributed by atoms with E-state index in [-0.39, 0.29) is 11.4 Å². The fraction of sp³-hybridized carbons (Fsp3) is 0.353. The number of hydrogen-bond acceptors (Lipinski definition) is 8. The highest BCUT2D eigenvalue weighted by Crippen LogP contribution is 2.48. The third-order valence-electron chi connectivity index (χ3n) is 4.72. The van der Waals surface area contributed by atoms with Crippen molar-refractivity contribution in [2.45, 2.75) is 24.7 Å². The van der Waals surface area contributed by atoms with Crippen LogP contribution >= 0.6 is 0 Å². The monoisotopic (exact) mass is 337 g/mol. The first-order valence-corrected chi connectivity index (χ1v) is 8.14. The molecule has 0 bridgehead atoms. The van der Waals surface area contributed by atoms with E-state index in [2.05, 4.69) is 31.2 Å². The summed E-state index contributed by atoms with van der Waals surface area (Å²) >= 11 is 0. The summed E-state index contributed by atoms with van der Waals surface area (Å²) in [5, 5.41) is 4.21. The normalized spacial score (nSPS) is 15.6. The van der Waals surface area contributed by atoms with E-state index in [0.717, 1.165) is 41.9 Å². The van der Waals surface area contributed by atoms with Gasteiger partial charge < -0.3 is 15.2 Å². The second kappa shape index (κ2) is 5.80. The molecule has 128 valence electrons. The summed E-state index contributed by atoms with van der Waals surface area (Å²) in [5.41, 5.74) is 8.06. The van der Waals surface area contributed by atoms with Crippen LogP contribution in [0.15, 0.2) is 35.2 Å². The Balaban J connectivity index is 1.66. The molecule has 0 aliphatic heterocycles. The van der Waals surface area contributed by atoms with Crippen molar-refractivity contribution < 1.29 is 4.52 Å². The lowest BCUT2D eigenvalue weighted by Crippen LogP contribution is -2.36. The molecule has 2 N–H and O–H groups in total. The Kier molecular flexibility index (Phi) is 3.60. The summed E-state index contributed by atoms with van der Waals surface area (Å²) in [6.45, 7) is 0. The standard InChI is InChI=1S/C17H19N7O/c1-24(2)16-22-14(23-25-16)17(6-3-7-17)12-4-5-13(19-10-12)11-8-20-15(18)21-9-11/h4-5,8-10H,3,6-7H2,1-2H3,(H2,18,20,21). The molecule has 0 saturated heterocycles. The zero-order valence-electron chi connectivity index (χ0n) is 14.2. The first-order valence-electron chi connectivity index (χ1n) is 8.14. The molecule has 1 aliphatic carbocycles. The Morgan fingerprint density at radius 2 is 1.84 bits per heavy atom. The predicted molar refractivity (Wildman–Crippen MR) is 92.9 cm³/mol. The second-order valence-corrected chi connectivity index (χ2v) is 6.49. The molecule has 8 nitrogen and oxygen atoms in total. The van der Waals surface area contributed by atoms with Gasteiger partial charge in [0.1, 0.15) is 0 Å². The fourth-order valence-electron chi connectivity index (χ4n) is 3.08. The number of pyridine rings is 1. The Morgan fingerprint density at radius 3 is 2.36 bits per heavy atom. The van der Waals surface area contributed by atoms with E-state index in [4.69, 9.17) is 10.3 Å². The van der Waals surface area contributed by atoms with Crippen LogP contribution in [0.5, 0.6) is 0 Å². The molecular formula is C17H19N7O. The maximum atomic E-state index is 5.53. The maximum absolute atomic E-state index is 5.53. The SMILES string of the molecule is CN(C)c1nc(C2(c3ccc(-c4cnc(N)nc4)nc3)CCC2)no1. The van der Waals surface area contributed by atoms with Gasteiger partial charge in [-0.05, 0) is 24.5 Å². The van der Waals surface area contributed by atoms with Gasteiger partial charge in [0.25, 0.3) is 0 Å². The minimum Gasteiger partial charge on any atom is -0.368 e. The van der Waals surface area contributed by atoms with Crippen molar-refractivity contribution >= 4 is 12.0 Å². The molecule has 3 aromatic rings. The number of anilines is 2. The molecule has 4 rings (SSSR count). The van der Waals surface area contributed by atoms with Crippen LogP contribution in [0.25, 0.3) is 11.3 Å². The maximum Gasteiger partial charge on any atom is 0.323 e. The molecule has 3 heterocycles. The van der Waals surface area contributed by atoms with Crippen molar-refractivity contribution in [3.8, 4) is 11.3 Å². The van der Waals surface area contributed by atoms with Gasteiger partial charge in [0, 0.05) is 38.2 Å². The van der Waals surface area contributed by atoms with Gasteiger partial charge in [0.2, 0.25) is 5.95 Å². The van der Waals surface area contributed by atoms with Gasteiger partial charge in [-0.25, -0.2) is 9.97 Å². The van der Waals surface area contributed by atoms with E-state index >= 15 is 0 Å². The van der Waals surface area contributed by atoms with Gasteiger partial charge in [-0.3, -0.25) is 4.98 Å². The summed E-state index contributed by atoms with van der Waals surface area (Å²) in [4.78, 5) is 19.0. The average Bonchev–Trinajstić information content (AvgIpc) is 3.06. The molecule has 8 heteroatoms. The number of aromatic nitrogens is 5. The van der Waals surface area contributed by atoms with Crippen LogP contribution in [0.1, 0.15) is 30.7 Å². The van der Waals surface area contributed by atoms with Crippen LogP contribution in [-0.2, 0) is 5.41 Å². The molecular weight excluding hydrogens is 318 g/mol. The third kappa shape index (κ3) is 2.59. The van der Waals surface area contributed by atoms with Gasteiger partial charge in [0.05, 0.1) is 11.1 Å². The Hall–Kier alpha value is -3.03. The van der Waals surface area contributed by atoms with E-state index in [1.807, 2.05) is 31.3 Å². The quantitative estimate of drug-likeness (QED) is 0.770. The highest BCUT2D eigenvalue weighted by molar-refractivity contribution is 5.57. The zero-order valence-corrected chi connectivity index (χ0v) is 14.2. The number of rotatable bonds is 4. The van der Waals surface area contributed by atoms with Gasteiger partial charge in [-0.2, -0.15) is 4.98 Å². The van der Waals surface area contributed by atoms with E-state index in [0.29, 0.717) is 6.01 Å². The Labute approximate surface area is 145 Å². The second-order valence-electron chi connectivity index (χ2n) is 6.49. The molecule has 1 saturated carbocycles. The fourth-order valence-corrected chi connectivity index (χ4v) is 3.08. The van der Waals surface area contributed by atoms with Crippen LogP contribution in [0.4, 0.5) is 12.0 Å². The van der Waals surface area contributed by atoms with Crippen LogP contribution in [0.2, 0.25) is 0 Å². The number of nitrogens with zero attached hydrogens (tertiary/aromatic N) is 6. The van der Waals surface area contributed by atoms with Crippen LogP contribution in [0.3, 0.4) is 0 Å². The molecule has 25 heavy (non-hydrogen) atoms. The molecule has 0 aromatic carbocycles. The van der Waals surface area contributed by atoms with E-state index in [9.17, 15) is 0 Å². The summed E-state index contributed by atoms with van der Waals surface area (Å²) in [5.74, 6) is 0.982. The third-order valence-corrected chi connectivity index (χ3v) is 4.72. The molecule has 1 aliphatic rings. The summed E-state index contributed by atoms with van der Waals surface area (Å²) < 4.78 is 5.35. The van der Waals surface area contributed by atoms with Crippen molar-refractivity contribution in [3.63, 3.8) is 0 Å². The van der Waals surface area contributed by atoms with Crippen molar-refractivity contribution in [2.75, 3.05) is 24.7 Å². The van der Waals surface area contributed by atoms with Crippen LogP contribution in [0, 0.1) is 0 Å². The summed E-state index contributed by atoms with van der Waals surface area (Å²) in [6.07, 6.45) is 8.35. The molecule has 0 unspecified atom stereocenters. The van der Waals surface area contributed by atoms with E-state index in [1.165, 1.54) is 0 Å². The Morgan fingerprint density at radius 1 is 1.08 bits per heavy atom. The lowest BCUT2D eigenvalue weighted by Gasteiger charge is -2.39. The first-order chi connectivity index (χ1) is 12.1. The smallest absolute Gasteiger partial charge is 0.323 e. The van der Waals surface area contributed by atoms with E-state index < -0.39 is 0 Å². The molecule has 0 spiro atoms. The van der Waals surface area contributed by atoms with Gasteiger partial charge in [-0.1, -0.05) is 17.6 Å².